The van der Waals surface area contributed by atoms with Crippen LogP contribution in [0, 0.1) is 34.5 Å². The van der Waals surface area contributed by atoms with Gasteiger partial charge in [0.2, 0.25) is 11.7 Å². The van der Waals surface area contributed by atoms with Crippen LogP contribution in [-0.4, -0.2) is 41.1 Å². The summed E-state index contributed by atoms with van der Waals surface area (Å²) < 4.78 is 0. The number of rotatable bonds is 13. The van der Waals surface area contributed by atoms with Gasteiger partial charge in [0, 0.05) is 12.5 Å². The summed E-state index contributed by atoms with van der Waals surface area (Å²) in [5, 5.41) is 3.22. The summed E-state index contributed by atoms with van der Waals surface area (Å²) in [6.45, 7) is 28.4. The lowest BCUT2D eigenvalue weighted by atomic mass is 9.70. The molecular weight excluding hydrogens is 584 g/mol. The number of hydrogen-bond acceptors (Lipinski definition) is 5. The maximum absolute atomic E-state index is 13.4. The highest BCUT2D eigenvalue weighted by molar-refractivity contribution is 6.36. The molecule has 0 aromatic heterocycles. The molecule has 2 amide bonds. The summed E-state index contributed by atoms with van der Waals surface area (Å²) in [5.74, 6) is 1.19. The van der Waals surface area contributed by atoms with E-state index in [4.69, 9.17) is 11.5 Å². The van der Waals surface area contributed by atoms with E-state index in [1.165, 1.54) is 77.0 Å². The molecule has 4 aliphatic rings. The standard InChI is InChI=1S/C19H31N3O.C9H15NO2.C9H20.C3H8/c1-12(2)16-15-10-14(15)11-22(16)18(23)17(21-13(3)20)19(4)8-6-5-7-9-19;1-6(8(11)9(10)12)5-7-3-2-4-7;1-5-7-9(3,4)8-6-2;1-3-2/h14-17,21H,1,3,5-11,20H2,2,4H3;6-7H,2-5H2,1H3,(H2,10,12);5-8H2,1-4H3;3H2,1-2H3/t14-,15-,16?,17?;;;/m0.../s1. The third kappa shape index (κ3) is 14.0. The second-order valence-electron chi connectivity index (χ2n) is 16.3. The quantitative estimate of drug-likeness (QED) is 0.135. The summed E-state index contributed by atoms with van der Waals surface area (Å²) in [6, 6.07) is -0.0466. The summed E-state index contributed by atoms with van der Waals surface area (Å²) in [4.78, 5) is 37.0. The van der Waals surface area contributed by atoms with Gasteiger partial charge in [0.25, 0.3) is 5.91 Å². The number of nitrogens with one attached hydrogen (secondary N) is 1. The van der Waals surface area contributed by atoms with Gasteiger partial charge < -0.3 is 21.7 Å². The molecule has 5 atom stereocenters. The zero-order valence-electron chi connectivity index (χ0n) is 32.0. The van der Waals surface area contributed by atoms with E-state index in [0.29, 0.717) is 29.0 Å². The zero-order valence-corrected chi connectivity index (χ0v) is 32.0. The van der Waals surface area contributed by atoms with Crippen LogP contribution in [0.1, 0.15) is 159 Å². The Bertz CT molecular complexity index is 1000. The fourth-order valence-corrected chi connectivity index (χ4v) is 7.91. The molecule has 5 N–H and O–H groups in total. The van der Waals surface area contributed by atoms with Crippen LogP contribution in [0.2, 0.25) is 0 Å². The second-order valence-corrected chi connectivity index (χ2v) is 16.3. The molecule has 1 saturated heterocycles. The van der Waals surface area contributed by atoms with Crippen LogP contribution < -0.4 is 16.8 Å². The Morgan fingerprint density at radius 3 is 1.89 bits per heavy atom. The maximum atomic E-state index is 13.4. The van der Waals surface area contributed by atoms with Crippen LogP contribution in [0.3, 0.4) is 0 Å². The average Bonchev–Trinajstić information content (AvgIpc) is 3.62. The predicted octanol–water partition coefficient (Wildman–Crippen LogP) is 8.66. The zero-order chi connectivity index (χ0) is 35.9. The first-order chi connectivity index (χ1) is 22.0. The van der Waals surface area contributed by atoms with Gasteiger partial charge in [-0.25, -0.2) is 0 Å². The van der Waals surface area contributed by atoms with Gasteiger partial charge in [0.1, 0.15) is 6.04 Å². The van der Waals surface area contributed by atoms with Crippen molar-refractivity contribution >= 4 is 17.6 Å². The van der Waals surface area contributed by atoms with Crippen molar-refractivity contribution in [2.45, 2.75) is 171 Å². The molecule has 3 aliphatic carbocycles. The Balaban J connectivity index is 0.000000386. The Hall–Kier alpha value is -2.31. The number of carbonyl (C=O) groups excluding carboxylic acids is 3. The number of likely N-dealkylation sites (tertiary alicyclic amines) is 1. The third-order valence-corrected chi connectivity index (χ3v) is 10.7. The lowest BCUT2D eigenvalue weighted by molar-refractivity contribution is -0.138. The number of amides is 2. The molecule has 3 unspecified atom stereocenters. The molecule has 4 rings (SSSR count). The van der Waals surface area contributed by atoms with Gasteiger partial charge in [-0.15, -0.1) is 0 Å². The highest BCUT2D eigenvalue weighted by Crippen LogP contribution is 2.52. The molecule has 3 saturated carbocycles. The summed E-state index contributed by atoms with van der Waals surface area (Å²) in [7, 11) is 0. The largest absolute Gasteiger partial charge is 0.386 e. The fraction of sp³-hybridized carbons (Fsp3) is 0.825. The van der Waals surface area contributed by atoms with Crippen molar-refractivity contribution < 1.29 is 14.4 Å². The molecule has 0 aromatic carbocycles. The van der Waals surface area contributed by atoms with E-state index < -0.39 is 11.7 Å². The first kappa shape index (κ1) is 42.7. The minimum Gasteiger partial charge on any atom is -0.386 e. The van der Waals surface area contributed by atoms with Crippen LogP contribution in [0.5, 0.6) is 0 Å². The van der Waals surface area contributed by atoms with Gasteiger partial charge in [-0.1, -0.05) is 132 Å². The Labute approximate surface area is 289 Å². The van der Waals surface area contributed by atoms with Crippen molar-refractivity contribution in [3.63, 3.8) is 0 Å². The van der Waals surface area contributed by atoms with E-state index >= 15 is 0 Å². The van der Waals surface area contributed by atoms with Gasteiger partial charge in [-0.05, 0) is 74.0 Å². The van der Waals surface area contributed by atoms with E-state index in [1.54, 1.807) is 6.92 Å². The first-order valence-electron chi connectivity index (χ1n) is 19.0. The monoisotopic (exact) mass is 659 g/mol. The molecule has 4 fully saturated rings. The van der Waals surface area contributed by atoms with Crippen LogP contribution in [-0.2, 0) is 14.4 Å². The molecule has 1 heterocycles. The topological polar surface area (TPSA) is 119 Å². The van der Waals surface area contributed by atoms with E-state index in [0.717, 1.165) is 31.4 Å². The number of fused-ring (bicyclic) bond motifs is 1. The Morgan fingerprint density at radius 2 is 1.49 bits per heavy atom. The minimum atomic E-state index is -0.790. The predicted molar refractivity (Wildman–Crippen MR) is 198 cm³/mol. The summed E-state index contributed by atoms with van der Waals surface area (Å²) >= 11 is 0. The Morgan fingerprint density at radius 1 is 0.957 bits per heavy atom. The van der Waals surface area contributed by atoms with Crippen LogP contribution >= 0.6 is 0 Å². The lowest BCUT2D eigenvalue weighted by Gasteiger charge is -2.43. The SMILES string of the molecule is C=C(N)NC(C(=O)N1C[C@@H]2C[C@@H]2C1C(=C)C)C1(C)CCCCC1.CC(CC1CCC1)C(=O)C(N)=O.CCC.CCCC(C)(C)CCC. The first-order valence-corrected chi connectivity index (χ1v) is 19.0. The van der Waals surface area contributed by atoms with E-state index in [9.17, 15) is 14.4 Å². The van der Waals surface area contributed by atoms with Crippen LogP contribution in [0.25, 0.3) is 0 Å². The molecule has 0 spiro atoms. The number of carbonyl (C=O) groups is 3. The van der Waals surface area contributed by atoms with Crippen molar-refractivity contribution in [2.24, 2.45) is 46.0 Å². The fourth-order valence-electron chi connectivity index (χ4n) is 7.91. The maximum Gasteiger partial charge on any atom is 0.285 e. The number of hydrogen-bond donors (Lipinski definition) is 3. The minimum absolute atomic E-state index is 0.0377. The molecule has 0 aromatic rings. The molecule has 7 nitrogen and oxygen atoms in total. The lowest BCUT2D eigenvalue weighted by Crippen LogP contribution is -2.57. The molecule has 47 heavy (non-hydrogen) atoms. The number of ketones is 1. The second kappa shape index (κ2) is 20.3. The van der Waals surface area contributed by atoms with Crippen LogP contribution in [0.4, 0.5) is 0 Å². The van der Waals surface area contributed by atoms with Gasteiger partial charge >= 0.3 is 0 Å². The molecule has 7 heteroatoms. The van der Waals surface area contributed by atoms with Gasteiger partial charge in [0.15, 0.2) is 0 Å². The van der Waals surface area contributed by atoms with Gasteiger partial charge in [-0.2, -0.15) is 0 Å². The highest BCUT2D eigenvalue weighted by atomic mass is 16.2. The third-order valence-electron chi connectivity index (χ3n) is 10.7. The average molecular weight is 659 g/mol. The van der Waals surface area contributed by atoms with E-state index in [1.807, 2.05) is 0 Å². The number of nitrogens with zero attached hydrogens (tertiary/aromatic N) is 1. The van der Waals surface area contributed by atoms with Crippen LogP contribution in [0.15, 0.2) is 24.6 Å². The van der Waals surface area contributed by atoms with Gasteiger partial charge in [-0.3, -0.25) is 14.4 Å². The summed E-state index contributed by atoms with van der Waals surface area (Å²) in [6.07, 6.45) is 18.2. The molecular formula is C40H74N4O3. The summed E-state index contributed by atoms with van der Waals surface area (Å²) in [5.41, 5.74) is 12.4. The van der Waals surface area contributed by atoms with Crippen molar-refractivity contribution in [1.29, 1.82) is 0 Å². The van der Waals surface area contributed by atoms with E-state index in [2.05, 4.69) is 78.8 Å². The smallest absolute Gasteiger partial charge is 0.285 e. The highest BCUT2D eigenvalue weighted by Gasteiger charge is 2.56. The number of primary amides is 1. The number of piperidine rings is 1. The van der Waals surface area contributed by atoms with Crippen molar-refractivity contribution in [3.8, 4) is 0 Å². The van der Waals surface area contributed by atoms with Crippen molar-refractivity contribution in [1.82, 2.24) is 10.2 Å². The molecule has 272 valence electrons. The number of nitrogens with two attached hydrogens (primary N) is 2. The van der Waals surface area contributed by atoms with E-state index in [-0.39, 0.29) is 29.3 Å². The normalized spacial score (nSPS) is 23.8. The molecule has 0 bridgehead atoms. The molecule has 0 radical (unpaired) electrons. The number of Topliss-reactive ketones (excluding diaryl/α,β-unsaturated/α-hetero) is 1. The van der Waals surface area contributed by atoms with Crippen molar-refractivity contribution in [3.05, 3.63) is 24.6 Å². The Kier molecular flexibility index (Phi) is 18.4. The molecule has 1 aliphatic heterocycles. The van der Waals surface area contributed by atoms with Crippen molar-refractivity contribution in [2.75, 3.05) is 6.54 Å². The van der Waals surface area contributed by atoms with Gasteiger partial charge in [0.05, 0.1) is 11.9 Å².